The van der Waals surface area contributed by atoms with Crippen molar-refractivity contribution < 1.29 is 18.7 Å². The highest BCUT2D eigenvalue weighted by Crippen LogP contribution is 2.38. The molecule has 1 aliphatic heterocycles. The molecule has 1 saturated heterocycles. The normalized spacial score (nSPS) is 17.5. The number of nitrogens with one attached hydrogen (secondary N) is 1. The standard InChI is InChI=1S/C14H14F2N4O2S/c15-8-4-7(5-9(16)12(8)19-14(21)22)20-3-1-2-11(20)10-6-23-13(17)18-10/h4-6,11,19H,1-3H2,(H2,17,18)(H,21,22)/t11-/m1/s1. The minimum Gasteiger partial charge on any atom is -0.465 e. The zero-order valence-electron chi connectivity index (χ0n) is 11.9. The van der Waals surface area contributed by atoms with Crippen molar-refractivity contribution in [3.8, 4) is 0 Å². The lowest BCUT2D eigenvalue weighted by Gasteiger charge is -2.26. The number of thiazole rings is 1. The van der Waals surface area contributed by atoms with Crippen molar-refractivity contribution in [2.75, 3.05) is 22.5 Å². The number of anilines is 3. The molecule has 122 valence electrons. The summed E-state index contributed by atoms with van der Waals surface area (Å²) in [5.74, 6) is -1.91. The Bertz CT molecular complexity index is 729. The maximum absolute atomic E-state index is 14.0. The van der Waals surface area contributed by atoms with E-state index in [0.29, 0.717) is 17.4 Å². The molecule has 1 aromatic heterocycles. The number of nitrogen functional groups attached to an aromatic ring is 1. The number of halogens is 2. The maximum atomic E-state index is 14.0. The Hall–Kier alpha value is -2.42. The van der Waals surface area contributed by atoms with E-state index in [1.807, 2.05) is 10.3 Å². The average molecular weight is 340 g/mol. The first kappa shape index (κ1) is 15.5. The SMILES string of the molecule is Nc1nc([C@H]2CCCN2c2cc(F)c(NC(=O)O)c(F)c2)cs1. The second-order valence-corrected chi connectivity index (χ2v) is 6.07. The van der Waals surface area contributed by atoms with Gasteiger partial charge in [-0.25, -0.2) is 18.6 Å². The third kappa shape index (κ3) is 3.04. The van der Waals surface area contributed by atoms with E-state index in [-0.39, 0.29) is 6.04 Å². The molecule has 4 N–H and O–H groups in total. The molecule has 3 rings (SSSR count). The van der Waals surface area contributed by atoms with Gasteiger partial charge in [0.25, 0.3) is 0 Å². The van der Waals surface area contributed by atoms with E-state index in [9.17, 15) is 13.6 Å². The highest BCUT2D eigenvalue weighted by Gasteiger charge is 2.29. The van der Waals surface area contributed by atoms with Crippen molar-refractivity contribution in [2.24, 2.45) is 0 Å². The lowest BCUT2D eigenvalue weighted by atomic mass is 10.1. The molecule has 6 nitrogen and oxygen atoms in total. The van der Waals surface area contributed by atoms with Gasteiger partial charge in [0.15, 0.2) is 16.8 Å². The van der Waals surface area contributed by atoms with Gasteiger partial charge in [-0.15, -0.1) is 11.3 Å². The summed E-state index contributed by atoms with van der Waals surface area (Å²) in [6.45, 7) is 0.632. The predicted molar refractivity (Wildman–Crippen MR) is 83.9 cm³/mol. The summed E-state index contributed by atoms with van der Waals surface area (Å²) in [4.78, 5) is 16.7. The highest BCUT2D eigenvalue weighted by molar-refractivity contribution is 7.13. The van der Waals surface area contributed by atoms with Gasteiger partial charge in [0.2, 0.25) is 0 Å². The molecular formula is C14H14F2N4O2S. The number of nitrogens with two attached hydrogens (primary N) is 1. The summed E-state index contributed by atoms with van der Waals surface area (Å²) in [7, 11) is 0. The lowest BCUT2D eigenvalue weighted by Crippen LogP contribution is -2.23. The van der Waals surface area contributed by atoms with Crippen LogP contribution in [0.3, 0.4) is 0 Å². The van der Waals surface area contributed by atoms with Crippen LogP contribution in [0.1, 0.15) is 24.6 Å². The first-order valence-electron chi connectivity index (χ1n) is 6.92. The molecule has 0 aliphatic carbocycles. The molecule has 1 aromatic carbocycles. The Morgan fingerprint density at radius 2 is 2.13 bits per heavy atom. The fourth-order valence-electron chi connectivity index (χ4n) is 2.79. The van der Waals surface area contributed by atoms with E-state index in [2.05, 4.69) is 4.98 Å². The number of rotatable bonds is 3. The highest BCUT2D eigenvalue weighted by atomic mass is 32.1. The number of hydrogen-bond acceptors (Lipinski definition) is 5. The van der Waals surface area contributed by atoms with Gasteiger partial charge in [0, 0.05) is 17.6 Å². The van der Waals surface area contributed by atoms with Crippen LogP contribution in [0.2, 0.25) is 0 Å². The smallest absolute Gasteiger partial charge is 0.409 e. The average Bonchev–Trinajstić information content (AvgIpc) is 3.10. The molecule has 0 radical (unpaired) electrons. The molecule has 1 aliphatic rings. The van der Waals surface area contributed by atoms with Gasteiger partial charge in [-0.1, -0.05) is 0 Å². The Kier molecular flexibility index (Phi) is 4.03. The third-order valence-corrected chi connectivity index (χ3v) is 4.42. The second-order valence-electron chi connectivity index (χ2n) is 5.18. The summed E-state index contributed by atoms with van der Waals surface area (Å²) < 4.78 is 28.1. The summed E-state index contributed by atoms with van der Waals surface area (Å²) in [5.41, 5.74) is 6.11. The molecular weight excluding hydrogens is 326 g/mol. The van der Waals surface area contributed by atoms with E-state index in [1.165, 1.54) is 11.3 Å². The van der Waals surface area contributed by atoms with E-state index < -0.39 is 23.4 Å². The van der Waals surface area contributed by atoms with E-state index in [4.69, 9.17) is 10.8 Å². The van der Waals surface area contributed by atoms with E-state index in [1.54, 1.807) is 5.32 Å². The molecule has 0 bridgehead atoms. The monoisotopic (exact) mass is 340 g/mol. The van der Waals surface area contributed by atoms with Gasteiger partial charge in [0.05, 0.1) is 11.7 Å². The molecule has 0 spiro atoms. The maximum Gasteiger partial charge on any atom is 0.409 e. The van der Waals surface area contributed by atoms with Crippen LogP contribution in [-0.4, -0.2) is 22.7 Å². The first-order chi connectivity index (χ1) is 11.0. The zero-order chi connectivity index (χ0) is 16.6. The van der Waals surface area contributed by atoms with E-state index in [0.717, 1.165) is 30.7 Å². The van der Waals surface area contributed by atoms with Crippen LogP contribution in [-0.2, 0) is 0 Å². The van der Waals surface area contributed by atoms with Crippen LogP contribution in [0, 0.1) is 11.6 Å². The third-order valence-electron chi connectivity index (χ3n) is 3.72. The number of nitrogens with zero attached hydrogens (tertiary/aromatic N) is 2. The minimum atomic E-state index is -1.52. The van der Waals surface area contributed by atoms with Gasteiger partial charge in [-0.2, -0.15) is 0 Å². The summed E-state index contributed by atoms with van der Waals surface area (Å²) in [5, 5.41) is 12.6. The molecule has 1 atom stereocenters. The number of carbonyl (C=O) groups is 1. The van der Waals surface area contributed by atoms with Gasteiger partial charge in [0.1, 0.15) is 5.69 Å². The molecule has 0 unspecified atom stereocenters. The molecule has 1 fully saturated rings. The van der Waals surface area contributed by atoms with Crippen LogP contribution in [0.25, 0.3) is 0 Å². The molecule has 0 saturated carbocycles. The number of amides is 1. The molecule has 9 heteroatoms. The van der Waals surface area contributed by atoms with Gasteiger partial charge in [-0.05, 0) is 25.0 Å². The summed E-state index contributed by atoms with van der Waals surface area (Å²) in [6.07, 6.45) is 0.148. The van der Waals surface area contributed by atoms with Crippen molar-refractivity contribution >= 4 is 33.9 Å². The molecule has 1 amide bonds. The Labute approximate surface area is 134 Å². The summed E-state index contributed by atoms with van der Waals surface area (Å²) in [6, 6.07) is 2.16. The van der Waals surface area contributed by atoms with Crippen molar-refractivity contribution in [2.45, 2.75) is 18.9 Å². The zero-order valence-corrected chi connectivity index (χ0v) is 12.7. The van der Waals surface area contributed by atoms with Crippen molar-refractivity contribution in [1.82, 2.24) is 4.98 Å². The fourth-order valence-corrected chi connectivity index (χ4v) is 3.40. The largest absolute Gasteiger partial charge is 0.465 e. The number of carboxylic acid groups (broad SMARTS) is 1. The minimum absolute atomic E-state index is 0.0966. The lowest BCUT2D eigenvalue weighted by molar-refractivity contribution is 0.209. The quantitative estimate of drug-likeness (QED) is 0.796. The summed E-state index contributed by atoms with van der Waals surface area (Å²) >= 11 is 1.32. The molecule has 2 aromatic rings. The molecule has 2 heterocycles. The van der Waals surface area contributed by atoms with Gasteiger partial charge in [-0.3, -0.25) is 5.32 Å². The van der Waals surface area contributed by atoms with Gasteiger partial charge >= 0.3 is 6.09 Å². The van der Waals surface area contributed by atoms with Crippen molar-refractivity contribution in [1.29, 1.82) is 0 Å². The Morgan fingerprint density at radius 3 is 2.70 bits per heavy atom. The van der Waals surface area contributed by atoms with Crippen LogP contribution in [0.4, 0.5) is 30.1 Å². The van der Waals surface area contributed by atoms with Crippen molar-refractivity contribution in [3.63, 3.8) is 0 Å². The van der Waals surface area contributed by atoms with Crippen molar-refractivity contribution in [3.05, 3.63) is 34.8 Å². The number of hydrogen-bond donors (Lipinski definition) is 3. The predicted octanol–water partition coefficient (Wildman–Crippen LogP) is 3.43. The fraction of sp³-hybridized carbons (Fsp3) is 0.286. The van der Waals surface area contributed by atoms with Crippen LogP contribution < -0.4 is 16.0 Å². The topological polar surface area (TPSA) is 91.5 Å². The van der Waals surface area contributed by atoms with Crippen LogP contribution in [0.15, 0.2) is 17.5 Å². The Morgan fingerprint density at radius 1 is 1.43 bits per heavy atom. The molecule has 23 heavy (non-hydrogen) atoms. The number of aromatic nitrogens is 1. The first-order valence-corrected chi connectivity index (χ1v) is 7.80. The van der Waals surface area contributed by atoms with Gasteiger partial charge < -0.3 is 15.7 Å². The van der Waals surface area contributed by atoms with Crippen LogP contribution >= 0.6 is 11.3 Å². The second kappa shape index (κ2) is 5.99. The van der Waals surface area contributed by atoms with Crippen LogP contribution in [0.5, 0.6) is 0 Å². The van der Waals surface area contributed by atoms with E-state index >= 15 is 0 Å². The Balaban J connectivity index is 1.93. The number of benzene rings is 1.